The summed E-state index contributed by atoms with van der Waals surface area (Å²) in [5, 5.41) is 12.4. The van der Waals surface area contributed by atoms with Crippen LogP contribution in [0.25, 0.3) is 5.69 Å². The zero-order valence-corrected chi connectivity index (χ0v) is 10.4. The molecule has 1 unspecified atom stereocenters. The van der Waals surface area contributed by atoms with Crippen molar-refractivity contribution in [1.29, 1.82) is 0 Å². The first-order chi connectivity index (χ1) is 7.08. The zero-order valence-electron chi connectivity index (χ0n) is 8.85. The SMILES string of the molecule is Cc1nn(C)cc1-n1cc(C(C)Br)nn1. The van der Waals surface area contributed by atoms with Crippen molar-refractivity contribution >= 4 is 15.9 Å². The number of rotatable bonds is 2. The van der Waals surface area contributed by atoms with E-state index in [-0.39, 0.29) is 4.83 Å². The largest absolute Gasteiger partial charge is 0.273 e. The van der Waals surface area contributed by atoms with Crippen molar-refractivity contribution in [2.24, 2.45) is 7.05 Å². The van der Waals surface area contributed by atoms with E-state index in [9.17, 15) is 0 Å². The van der Waals surface area contributed by atoms with E-state index in [0.29, 0.717) is 0 Å². The molecule has 2 heterocycles. The molecule has 2 rings (SSSR count). The fourth-order valence-electron chi connectivity index (χ4n) is 1.39. The van der Waals surface area contributed by atoms with Gasteiger partial charge in [0.05, 0.1) is 28.6 Å². The Kier molecular flexibility index (Phi) is 2.60. The Morgan fingerprint density at radius 1 is 1.40 bits per heavy atom. The lowest BCUT2D eigenvalue weighted by Crippen LogP contribution is -1.95. The Morgan fingerprint density at radius 2 is 2.13 bits per heavy atom. The van der Waals surface area contributed by atoms with Crippen LogP contribution in [0, 0.1) is 6.92 Å². The molecule has 0 spiro atoms. The Morgan fingerprint density at radius 3 is 2.60 bits per heavy atom. The monoisotopic (exact) mass is 269 g/mol. The molecule has 0 aromatic carbocycles. The lowest BCUT2D eigenvalue weighted by atomic mass is 10.3. The summed E-state index contributed by atoms with van der Waals surface area (Å²) in [6.07, 6.45) is 3.83. The molecule has 0 aliphatic heterocycles. The molecular formula is C9H12BrN5. The van der Waals surface area contributed by atoms with E-state index in [0.717, 1.165) is 17.1 Å². The first kappa shape index (κ1) is 10.4. The summed E-state index contributed by atoms with van der Waals surface area (Å²) < 4.78 is 3.51. The standard InChI is InChI=1S/C9H12BrN5/c1-6(10)8-4-15(13-11-8)9-5-14(3)12-7(9)2/h4-6H,1-3H3. The molecule has 0 fully saturated rings. The number of nitrogens with zero attached hydrogens (tertiary/aromatic N) is 5. The summed E-state index contributed by atoms with van der Waals surface area (Å²) in [4.78, 5) is 0.211. The molecule has 0 aliphatic rings. The van der Waals surface area contributed by atoms with Crippen LogP contribution in [0.5, 0.6) is 0 Å². The van der Waals surface area contributed by atoms with Gasteiger partial charge in [0.2, 0.25) is 0 Å². The lowest BCUT2D eigenvalue weighted by Gasteiger charge is -1.95. The summed E-state index contributed by atoms with van der Waals surface area (Å²) in [5.74, 6) is 0. The third kappa shape index (κ3) is 1.94. The maximum Gasteiger partial charge on any atom is 0.107 e. The molecule has 0 saturated heterocycles. The Balaban J connectivity index is 2.41. The second-order valence-electron chi connectivity index (χ2n) is 3.48. The highest BCUT2D eigenvalue weighted by Crippen LogP contribution is 2.20. The Labute approximate surface area is 96.2 Å². The van der Waals surface area contributed by atoms with E-state index in [2.05, 4.69) is 31.3 Å². The van der Waals surface area contributed by atoms with Crippen LogP contribution in [0.4, 0.5) is 0 Å². The summed E-state index contributed by atoms with van der Waals surface area (Å²) >= 11 is 3.46. The molecule has 6 heteroatoms. The van der Waals surface area contributed by atoms with Crippen molar-refractivity contribution < 1.29 is 0 Å². The van der Waals surface area contributed by atoms with Gasteiger partial charge < -0.3 is 0 Å². The quantitative estimate of drug-likeness (QED) is 0.781. The Bertz CT molecular complexity index is 471. The topological polar surface area (TPSA) is 48.5 Å². The van der Waals surface area contributed by atoms with Crippen molar-refractivity contribution in [3.8, 4) is 5.69 Å². The molecule has 5 nitrogen and oxygen atoms in total. The fraction of sp³-hybridized carbons (Fsp3) is 0.444. The van der Waals surface area contributed by atoms with Crippen LogP contribution in [-0.2, 0) is 7.05 Å². The summed E-state index contributed by atoms with van der Waals surface area (Å²) in [7, 11) is 1.89. The molecule has 0 radical (unpaired) electrons. The molecule has 0 aliphatic carbocycles. The molecule has 1 atom stereocenters. The molecule has 15 heavy (non-hydrogen) atoms. The second-order valence-corrected chi connectivity index (χ2v) is 4.85. The van der Waals surface area contributed by atoms with Gasteiger partial charge in [-0.05, 0) is 13.8 Å². The normalized spacial score (nSPS) is 13.1. The maximum atomic E-state index is 4.26. The van der Waals surface area contributed by atoms with Gasteiger partial charge in [-0.15, -0.1) is 5.10 Å². The minimum absolute atomic E-state index is 0.211. The van der Waals surface area contributed by atoms with E-state index >= 15 is 0 Å². The van der Waals surface area contributed by atoms with Crippen LogP contribution in [0.3, 0.4) is 0 Å². The van der Waals surface area contributed by atoms with Crippen LogP contribution in [-0.4, -0.2) is 24.8 Å². The van der Waals surface area contributed by atoms with Gasteiger partial charge in [0, 0.05) is 7.05 Å². The zero-order chi connectivity index (χ0) is 11.0. The third-order valence-corrected chi connectivity index (χ3v) is 2.62. The van der Waals surface area contributed by atoms with Gasteiger partial charge in [-0.3, -0.25) is 4.68 Å². The highest BCUT2D eigenvalue weighted by molar-refractivity contribution is 9.09. The van der Waals surface area contributed by atoms with Crippen LogP contribution >= 0.6 is 15.9 Å². The number of hydrogen-bond donors (Lipinski definition) is 0. The van der Waals surface area contributed by atoms with Gasteiger partial charge in [-0.2, -0.15) is 5.10 Å². The van der Waals surface area contributed by atoms with E-state index in [1.807, 2.05) is 33.3 Å². The van der Waals surface area contributed by atoms with Crippen LogP contribution < -0.4 is 0 Å². The maximum absolute atomic E-state index is 4.26. The van der Waals surface area contributed by atoms with Gasteiger partial charge >= 0.3 is 0 Å². The van der Waals surface area contributed by atoms with Crippen molar-refractivity contribution in [2.75, 3.05) is 0 Å². The van der Waals surface area contributed by atoms with E-state index in [1.165, 1.54) is 0 Å². The van der Waals surface area contributed by atoms with Crippen molar-refractivity contribution in [3.63, 3.8) is 0 Å². The molecule has 0 N–H and O–H groups in total. The van der Waals surface area contributed by atoms with Crippen molar-refractivity contribution in [3.05, 3.63) is 23.8 Å². The number of aryl methyl sites for hydroxylation is 2. The molecule has 0 bridgehead atoms. The summed E-state index contributed by atoms with van der Waals surface area (Å²) in [6.45, 7) is 3.97. The summed E-state index contributed by atoms with van der Waals surface area (Å²) in [6, 6.07) is 0. The van der Waals surface area contributed by atoms with Gasteiger partial charge in [-0.1, -0.05) is 21.1 Å². The molecule has 2 aromatic heterocycles. The number of hydrogen-bond acceptors (Lipinski definition) is 3. The number of aromatic nitrogens is 5. The van der Waals surface area contributed by atoms with Gasteiger partial charge in [-0.25, -0.2) is 4.68 Å². The third-order valence-electron chi connectivity index (χ3n) is 2.15. The van der Waals surface area contributed by atoms with Crippen LogP contribution in [0.15, 0.2) is 12.4 Å². The van der Waals surface area contributed by atoms with Gasteiger partial charge in [0.25, 0.3) is 0 Å². The molecule has 0 amide bonds. The van der Waals surface area contributed by atoms with E-state index in [1.54, 1.807) is 9.36 Å². The highest BCUT2D eigenvalue weighted by atomic mass is 79.9. The summed E-state index contributed by atoms with van der Waals surface area (Å²) in [5.41, 5.74) is 2.82. The predicted molar refractivity (Wildman–Crippen MR) is 60.2 cm³/mol. The average molecular weight is 270 g/mol. The molecule has 0 saturated carbocycles. The molecule has 80 valence electrons. The number of halogens is 1. The number of alkyl halides is 1. The van der Waals surface area contributed by atoms with Crippen molar-refractivity contribution in [2.45, 2.75) is 18.7 Å². The minimum atomic E-state index is 0.211. The lowest BCUT2D eigenvalue weighted by molar-refractivity contribution is 0.755. The van der Waals surface area contributed by atoms with Crippen molar-refractivity contribution in [1.82, 2.24) is 24.8 Å². The first-order valence-corrected chi connectivity index (χ1v) is 5.56. The smallest absolute Gasteiger partial charge is 0.107 e. The first-order valence-electron chi connectivity index (χ1n) is 4.65. The Hall–Kier alpha value is -1.17. The predicted octanol–water partition coefficient (Wildman–Crippen LogP) is 1.77. The average Bonchev–Trinajstić information content (AvgIpc) is 2.71. The minimum Gasteiger partial charge on any atom is -0.273 e. The van der Waals surface area contributed by atoms with Crippen LogP contribution in [0.2, 0.25) is 0 Å². The molecule has 2 aromatic rings. The van der Waals surface area contributed by atoms with Gasteiger partial charge in [0.15, 0.2) is 0 Å². The fourth-order valence-corrected chi connectivity index (χ4v) is 1.60. The van der Waals surface area contributed by atoms with E-state index < -0.39 is 0 Å². The van der Waals surface area contributed by atoms with E-state index in [4.69, 9.17) is 0 Å². The molecular weight excluding hydrogens is 258 g/mol. The second kappa shape index (κ2) is 3.77. The van der Waals surface area contributed by atoms with Gasteiger partial charge in [0.1, 0.15) is 5.69 Å². The highest BCUT2D eigenvalue weighted by Gasteiger charge is 2.10. The van der Waals surface area contributed by atoms with Crippen LogP contribution in [0.1, 0.15) is 23.1 Å².